The lowest BCUT2D eigenvalue weighted by molar-refractivity contribution is -0.138. The molecule has 0 spiro atoms. The third-order valence-corrected chi connectivity index (χ3v) is 8.20. The Hall–Kier alpha value is -0.380. The van der Waals surface area contributed by atoms with Crippen LogP contribution in [-0.4, -0.2) is 62.8 Å². The Morgan fingerprint density at radius 2 is 1.92 bits per heavy atom. The van der Waals surface area contributed by atoms with Crippen LogP contribution in [0.15, 0.2) is 16.3 Å². The summed E-state index contributed by atoms with van der Waals surface area (Å²) < 4.78 is 27.2. The number of hydrogen-bond donors (Lipinski definition) is 1. The van der Waals surface area contributed by atoms with Gasteiger partial charge in [0.1, 0.15) is 4.21 Å². The van der Waals surface area contributed by atoms with Crippen molar-refractivity contribution in [2.45, 2.75) is 11.1 Å². The molecule has 1 aromatic heterocycles. The third kappa shape index (κ3) is 3.89. The van der Waals surface area contributed by atoms with Gasteiger partial charge in [-0.05, 0) is 31.1 Å². The topological polar surface area (TPSA) is 69.7 Å². The van der Waals surface area contributed by atoms with Gasteiger partial charge in [0, 0.05) is 32.1 Å². The van der Waals surface area contributed by atoms with Crippen molar-refractivity contribution in [1.29, 1.82) is 0 Å². The van der Waals surface area contributed by atoms with E-state index in [2.05, 4.69) is 5.32 Å². The van der Waals surface area contributed by atoms with E-state index in [1.807, 2.05) is 6.92 Å². The lowest BCUT2D eigenvalue weighted by Crippen LogP contribution is -2.55. The molecule has 2 aliphatic heterocycles. The summed E-state index contributed by atoms with van der Waals surface area (Å²) in [5.41, 5.74) is 0. The van der Waals surface area contributed by atoms with Crippen molar-refractivity contribution in [2.75, 3.05) is 39.3 Å². The summed E-state index contributed by atoms with van der Waals surface area (Å²) in [6.07, 6.45) is 0. The highest BCUT2D eigenvalue weighted by Gasteiger charge is 2.35. The molecule has 136 valence electrons. The molecule has 1 N–H and O–H groups in total. The summed E-state index contributed by atoms with van der Waals surface area (Å²) in [7, 11) is -3.50. The maximum atomic E-state index is 12.5. The number of hydrogen-bond acceptors (Lipinski definition) is 5. The number of carbonyl (C=O) groups is 1. The van der Waals surface area contributed by atoms with Crippen molar-refractivity contribution in [2.24, 2.45) is 11.8 Å². The molecule has 2 aliphatic rings. The van der Waals surface area contributed by atoms with Crippen LogP contribution in [0.4, 0.5) is 0 Å². The van der Waals surface area contributed by atoms with Gasteiger partial charge in [-0.2, -0.15) is 4.31 Å². The number of sulfonamides is 1. The SMILES string of the molecule is CC(C(=O)N1CCN(S(=O)(=O)c2ccc(Cl)s2)CC1)C1CNC1.Cl. The average molecular weight is 414 g/mol. The van der Waals surface area contributed by atoms with Gasteiger partial charge in [-0.15, -0.1) is 23.7 Å². The zero-order valence-corrected chi connectivity index (χ0v) is 16.5. The van der Waals surface area contributed by atoms with Gasteiger partial charge in [-0.1, -0.05) is 18.5 Å². The highest BCUT2D eigenvalue weighted by atomic mass is 35.5. The molecule has 1 atom stereocenters. The minimum Gasteiger partial charge on any atom is -0.340 e. The highest BCUT2D eigenvalue weighted by molar-refractivity contribution is 7.91. The van der Waals surface area contributed by atoms with Gasteiger partial charge < -0.3 is 10.2 Å². The fraction of sp³-hybridized carbons (Fsp3) is 0.643. The number of amides is 1. The number of carbonyl (C=O) groups excluding carboxylic acids is 1. The van der Waals surface area contributed by atoms with Crippen molar-refractivity contribution in [3.05, 3.63) is 16.5 Å². The molecule has 1 aromatic rings. The smallest absolute Gasteiger partial charge is 0.252 e. The average Bonchev–Trinajstić information content (AvgIpc) is 2.92. The van der Waals surface area contributed by atoms with E-state index < -0.39 is 10.0 Å². The minimum atomic E-state index is -3.50. The Morgan fingerprint density at radius 3 is 2.38 bits per heavy atom. The van der Waals surface area contributed by atoms with Gasteiger partial charge >= 0.3 is 0 Å². The first-order chi connectivity index (χ1) is 10.9. The fourth-order valence-electron chi connectivity index (χ4n) is 2.87. The van der Waals surface area contributed by atoms with E-state index in [4.69, 9.17) is 11.6 Å². The maximum Gasteiger partial charge on any atom is 0.252 e. The van der Waals surface area contributed by atoms with Crippen LogP contribution in [0.5, 0.6) is 0 Å². The van der Waals surface area contributed by atoms with Crippen LogP contribution in [0.2, 0.25) is 4.34 Å². The largest absolute Gasteiger partial charge is 0.340 e. The summed E-state index contributed by atoms with van der Waals surface area (Å²) in [5.74, 6) is 0.528. The second-order valence-electron chi connectivity index (χ2n) is 5.99. The third-order valence-electron chi connectivity index (χ3n) is 4.60. The standard InChI is InChI=1S/C14H20ClN3O3S2.ClH/c1-10(11-8-16-9-11)14(19)17-4-6-18(7-5-17)23(20,21)13-3-2-12(15)22-13;/h2-3,10-11,16H,4-9H2,1H3;1H. The van der Waals surface area contributed by atoms with E-state index in [0.717, 1.165) is 24.4 Å². The van der Waals surface area contributed by atoms with Gasteiger partial charge in [0.2, 0.25) is 5.91 Å². The van der Waals surface area contributed by atoms with Crippen LogP contribution in [0, 0.1) is 11.8 Å². The molecule has 3 heterocycles. The highest BCUT2D eigenvalue weighted by Crippen LogP contribution is 2.29. The first-order valence-electron chi connectivity index (χ1n) is 7.64. The minimum absolute atomic E-state index is 0. The van der Waals surface area contributed by atoms with Crippen LogP contribution in [0.3, 0.4) is 0 Å². The summed E-state index contributed by atoms with van der Waals surface area (Å²) in [4.78, 5) is 14.3. The van der Waals surface area contributed by atoms with E-state index in [1.54, 1.807) is 11.0 Å². The van der Waals surface area contributed by atoms with Gasteiger partial charge in [-0.3, -0.25) is 4.79 Å². The molecule has 0 aromatic carbocycles. The quantitative estimate of drug-likeness (QED) is 0.811. The van der Waals surface area contributed by atoms with Crippen LogP contribution in [0.1, 0.15) is 6.92 Å². The van der Waals surface area contributed by atoms with E-state index >= 15 is 0 Å². The van der Waals surface area contributed by atoms with Crippen molar-refractivity contribution >= 4 is 51.3 Å². The van der Waals surface area contributed by atoms with Gasteiger partial charge in [0.25, 0.3) is 10.0 Å². The molecule has 1 unspecified atom stereocenters. The Morgan fingerprint density at radius 1 is 1.29 bits per heavy atom. The van der Waals surface area contributed by atoms with Gasteiger partial charge in [-0.25, -0.2) is 8.42 Å². The van der Waals surface area contributed by atoms with Crippen molar-refractivity contribution in [3.63, 3.8) is 0 Å². The number of thiophene rings is 1. The van der Waals surface area contributed by atoms with E-state index in [0.29, 0.717) is 36.4 Å². The zero-order chi connectivity index (χ0) is 16.6. The van der Waals surface area contributed by atoms with Crippen LogP contribution in [-0.2, 0) is 14.8 Å². The van der Waals surface area contributed by atoms with Gasteiger partial charge in [0.05, 0.1) is 4.34 Å². The number of halogens is 2. The first-order valence-corrected chi connectivity index (χ1v) is 10.3. The summed E-state index contributed by atoms with van der Waals surface area (Å²) >= 11 is 6.89. The number of nitrogens with zero attached hydrogens (tertiary/aromatic N) is 2. The molecule has 3 rings (SSSR count). The fourth-order valence-corrected chi connectivity index (χ4v) is 5.93. The summed E-state index contributed by atoms with van der Waals surface area (Å²) in [6, 6.07) is 3.12. The van der Waals surface area contributed by atoms with Crippen LogP contribution in [0.25, 0.3) is 0 Å². The molecular formula is C14H21Cl2N3O3S2. The number of piperazine rings is 1. The normalized spacial score (nSPS) is 21.0. The molecule has 2 saturated heterocycles. The molecule has 0 aliphatic carbocycles. The molecular weight excluding hydrogens is 393 g/mol. The zero-order valence-electron chi connectivity index (χ0n) is 13.3. The van der Waals surface area contributed by atoms with Crippen molar-refractivity contribution in [3.8, 4) is 0 Å². The maximum absolute atomic E-state index is 12.5. The van der Waals surface area contributed by atoms with Crippen molar-refractivity contribution in [1.82, 2.24) is 14.5 Å². The second kappa shape index (κ2) is 7.88. The van der Waals surface area contributed by atoms with Crippen LogP contribution < -0.4 is 5.32 Å². The lowest BCUT2D eigenvalue weighted by atomic mass is 9.88. The molecule has 10 heteroatoms. The molecule has 1 amide bonds. The second-order valence-corrected chi connectivity index (χ2v) is 9.87. The van der Waals surface area contributed by atoms with E-state index in [-0.39, 0.29) is 28.4 Å². The Labute approximate surface area is 157 Å². The Kier molecular flexibility index (Phi) is 6.55. The first kappa shape index (κ1) is 19.9. The molecule has 2 fully saturated rings. The molecule has 6 nitrogen and oxygen atoms in total. The molecule has 24 heavy (non-hydrogen) atoms. The van der Waals surface area contributed by atoms with Crippen molar-refractivity contribution < 1.29 is 13.2 Å². The Balaban J connectivity index is 0.00000208. The molecule has 0 bridgehead atoms. The monoisotopic (exact) mass is 413 g/mol. The van der Waals surface area contributed by atoms with Crippen LogP contribution >= 0.6 is 35.3 Å². The summed E-state index contributed by atoms with van der Waals surface area (Å²) in [5, 5.41) is 3.18. The van der Waals surface area contributed by atoms with E-state index in [9.17, 15) is 13.2 Å². The molecule has 0 radical (unpaired) electrons. The van der Waals surface area contributed by atoms with E-state index in [1.165, 1.54) is 10.4 Å². The predicted octanol–water partition coefficient (Wildman–Crippen LogP) is 1.51. The Bertz CT molecular complexity index is 683. The lowest BCUT2D eigenvalue weighted by Gasteiger charge is -2.38. The number of nitrogens with one attached hydrogen (secondary N) is 1. The number of rotatable bonds is 4. The van der Waals surface area contributed by atoms with Gasteiger partial charge in [0.15, 0.2) is 0 Å². The summed E-state index contributed by atoms with van der Waals surface area (Å²) in [6.45, 7) is 5.30. The predicted molar refractivity (Wildman–Crippen MR) is 97.4 cm³/mol. The molecule has 0 saturated carbocycles.